The maximum absolute atomic E-state index is 12.0. The molecule has 1 aliphatic rings. The van der Waals surface area contributed by atoms with Crippen LogP contribution in [0.25, 0.3) is 0 Å². The van der Waals surface area contributed by atoms with Gasteiger partial charge in [-0.1, -0.05) is 22.9 Å². The zero-order chi connectivity index (χ0) is 18.9. The van der Waals surface area contributed by atoms with Gasteiger partial charge in [0.25, 0.3) is 5.91 Å². The van der Waals surface area contributed by atoms with Crippen molar-refractivity contribution in [3.63, 3.8) is 0 Å². The lowest BCUT2D eigenvalue weighted by Gasteiger charge is -2.18. The molecule has 1 aliphatic heterocycles. The minimum atomic E-state index is -0.105. The Balaban J connectivity index is 0.00000364. The molecule has 0 bridgehead atoms. The van der Waals surface area contributed by atoms with Gasteiger partial charge in [-0.15, -0.1) is 24.0 Å². The Labute approximate surface area is 185 Å². The van der Waals surface area contributed by atoms with Gasteiger partial charge in [-0.25, -0.2) is 0 Å². The monoisotopic (exact) mass is 551 g/mol. The summed E-state index contributed by atoms with van der Waals surface area (Å²) in [6, 6.07) is 7.43. The first-order valence-electron chi connectivity index (χ1n) is 8.82. The molecule has 3 N–H and O–H groups in total. The highest BCUT2D eigenvalue weighted by atomic mass is 127. The van der Waals surface area contributed by atoms with Crippen LogP contribution in [0, 0.1) is 0 Å². The average Bonchev–Trinajstić information content (AvgIpc) is 3.12. The maximum atomic E-state index is 12.0. The Kier molecular flexibility index (Phi) is 10.7. The third-order valence-electron chi connectivity index (χ3n) is 4.22. The van der Waals surface area contributed by atoms with Crippen LogP contribution in [-0.4, -0.2) is 61.9 Å². The van der Waals surface area contributed by atoms with E-state index in [1.807, 2.05) is 24.0 Å². The minimum absolute atomic E-state index is 0. The fourth-order valence-electron chi connectivity index (χ4n) is 2.78. The van der Waals surface area contributed by atoms with Crippen molar-refractivity contribution in [2.24, 2.45) is 4.99 Å². The Bertz CT molecular complexity index is 654. The number of carbonyl (C=O) groups is 2. The number of nitrogens with zero attached hydrogens (tertiary/aromatic N) is 2. The van der Waals surface area contributed by atoms with E-state index in [0.717, 1.165) is 17.4 Å². The van der Waals surface area contributed by atoms with Crippen LogP contribution in [0.4, 0.5) is 0 Å². The van der Waals surface area contributed by atoms with Crippen LogP contribution >= 0.6 is 39.9 Å². The van der Waals surface area contributed by atoms with E-state index in [2.05, 4.69) is 36.9 Å². The summed E-state index contributed by atoms with van der Waals surface area (Å²) in [5.74, 6) is 0.762. The SMILES string of the molecule is CCC(=O)N1CCC(NC(=NC)NCCNC(=O)c2ccc(Br)cc2)C1.I. The van der Waals surface area contributed by atoms with Crippen LogP contribution in [0.5, 0.6) is 0 Å². The van der Waals surface area contributed by atoms with Crippen molar-refractivity contribution in [2.45, 2.75) is 25.8 Å². The number of carbonyl (C=O) groups excluding carboxylic acids is 2. The Morgan fingerprint density at radius 2 is 1.89 bits per heavy atom. The van der Waals surface area contributed by atoms with E-state index in [1.54, 1.807) is 19.2 Å². The van der Waals surface area contributed by atoms with E-state index in [1.165, 1.54) is 0 Å². The van der Waals surface area contributed by atoms with Crippen molar-refractivity contribution in [1.29, 1.82) is 0 Å². The standard InChI is InChI=1S/C18H26BrN5O2.HI/c1-3-16(25)24-11-8-15(12-24)23-18(20-2)22-10-9-21-17(26)13-4-6-14(19)7-5-13;/h4-7,15H,3,8-12H2,1-2H3,(H,21,26)(H2,20,22,23);1H. The number of benzene rings is 1. The molecule has 1 atom stereocenters. The normalized spacial score (nSPS) is 16.5. The fourth-order valence-corrected chi connectivity index (χ4v) is 3.04. The number of amides is 2. The van der Waals surface area contributed by atoms with Crippen molar-refractivity contribution < 1.29 is 9.59 Å². The molecular formula is C18H27BrIN5O2. The van der Waals surface area contributed by atoms with E-state index in [0.29, 0.717) is 37.6 Å². The second-order valence-corrected chi connectivity index (χ2v) is 7.00. The number of hydrogen-bond acceptors (Lipinski definition) is 3. The quantitative estimate of drug-likeness (QED) is 0.218. The summed E-state index contributed by atoms with van der Waals surface area (Å²) in [5, 5.41) is 9.38. The molecule has 1 aromatic carbocycles. The summed E-state index contributed by atoms with van der Waals surface area (Å²) in [5.41, 5.74) is 0.627. The number of nitrogens with one attached hydrogen (secondary N) is 3. The highest BCUT2D eigenvalue weighted by Crippen LogP contribution is 2.11. The summed E-state index contributed by atoms with van der Waals surface area (Å²) in [6.07, 6.45) is 1.45. The van der Waals surface area contributed by atoms with Crippen LogP contribution in [0.1, 0.15) is 30.1 Å². The largest absolute Gasteiger partial charge is 0.355 e. The second-order valence-electron chi connectivity index (χ2n) is 6.09. The van der Waals surface area contributed by atoms with Crippen molar-refractivity contribution >= 4 is 57.7 Å². The smallest absolute Gasteiger partial charge is 0.251 e. The molecule has 2 rings (SSSR count). The Hall–Kier alpha value is -1.36. The van der Waals surface area contributed by atoms with Crippen LogP contribution in [0.3, 0.4) is 0 Å². The molecule has 0 radical (unpaired) electrons. The Morgan fingerprint density at radius 3 is 2.52 bits per heavy atom. The van der Waals surface area contributed by atoms with Gasteiger partial charge >= 0.3 is 0 Å². The predicted octanol–water partition coefficient (Wildman–Crippen LogP) is 1.97. The molecule has 9 heteroatoms. The van der Waals surface area contributed by atoms with Gasteiger partial charge in [0.15, 0.2) is 5.96 Å². The molecule has 2 amide bonds. The second kappa shape index (κ2) is 12.2. The number of halogens is 2. The zero-order valence-electron chi connectivity index (χ0n) is 15.6. The van der Waals surface area contributed by atoms with Gasteiger partial charge in [0.2, 0.25) is 5.91 Å². The summed E-state index contributed by atoms with van der Waals surface area (Å²) < 4.78 is 0.941. The van der Waals surface area contributed by atoms with E-state index < -0.39 is 0 Å². The van der Waals surface area contributed by atoms with Crippen molar-refractivity contribution in [3.05, 3.63) is 34.3 Å². The number of rotatable bonds is 6. The predicted molar refractivity (Wildman–Crippen MR) is 122 cm³/mol. The van der Waals surface area contributed by atoms with Crippen LogP contribution in [0.15, 0.2) is 33.7 Å². The third-order valence-corrected chi connectivity index (χ3v) is 4.75. The number of hydrogen-bond donors (Lipinski definition) is 3. The molecule has 7 nitrogen and oxygen atoms in total. The first-order chi connectivity index (χ1) is 12.5. The van der Waals surface area contributed by atoms with Gasteiger partial charge in [0.1, 0.15) is 0 Å². The van der Waals surface area contributed by atoms with Gasteiger partial charge in [-0.3, -0.25) is 14.6 Å². The molecule has 27 heavy (non-hydrogen) atoms. The van der Waals surface area contributed by atoms with Crippen molar-refractivity contribution in [1.82, 2.24) is 20.9 Å². The zero-order valence-corrected chi connectivity index (χ0v) is 19.5. The van der Waals surface area contributed by atoms with E-state index in [4.69, 9.17) is 0 Å². The molecule has 1 saturated heterocycles. The molecular weight excluding hydrogens is 525 g/mol. The van der Waals surface area contributed by atoms with Crippen LogP contribution < -0.4 is 16.0 Å². The van der Waals surface area contributed by atoms with Gasteiger partial charge in [0.05, 0.1) is 0 Å². The average molecular weight is 552 g/mol. The first kappa shape index (κ1) is 23.7. The summed E-state index contributed by atoms with van der Waals surface area (Å²) in [4.78, 5) is 29.9. The highest BCUT2D eigenvalue weighted by molar-refractivity contribution is 14.0. The fraction of sp³-hybridized carbons (Fsp3) is 0.500. The summed E-state index contributed by atoms with van der Waals surface area (Å²) in [7, 11) is 1.71. The lowest BCUT2D eigenvalue weighted by molar-refractivity contribution is -0.129. The van der Waals surface area contributed by atoms with E-state index >= 15 is 0 Å². The van der Waals surface area contributed by atoms with Gasteiger partial charge in [0, 0.05) is 55.7 Å². The molecule has 0 saturated carbocycles. The van der Waals surface area contributed by atoms with E-state index in [-0.39, 0.29) is 41.8 Å². The summed E-state index contributed by atoms with van der Waals surface area (Å²) >= 11 is 3.35. The molecule has 0 aromatic heterocycles. The molecule has 1 fully saturated rings. The molecule has 0 aliphatic carbocycles. The molecule has 1 aromatic rings. The van der Waals surface area contributed by atoms with Gasteiger partial charge < -0.3 is 20.9 Å². The van der Waals surface area contributed by atoms with Gasteiger partial charge in [-0.05, 0) is 30.7 Å². The van der Waals surface area contributed by atoms with E-state index in [9.17, 15) is 9.59 Å². The van der Waals surface area contributed by atoms with Crippen molar-refractivity contribution in [3.8, 4) is 0 Å². The lowest BCUT2D eigenvalue weighted by Crippen LogP contribution is -2.46. The molecule has 150 valence electrons. The molecule has 1 unspecified atom stereocenters. The topological polar surface area (TPSA) is 85.8 Å². The lowest BCUT2D eigenvalue weighted by atomic mass is 10.2. The molecule has 0 spiro atoms. The number of aliphatic imine (C=N–C) groups is 1. The summed E-state index contributed by atoms with van der Waals surface area (Å²) in [6.45, 7) is 4.41. The molecule has 1 heterocycles. The third kappa shape index (κ3) is 7.65. The number of likely N-dealkylation sites (tertiary alicyclic amines) is 1. The van der Waals surface area contributed by atoms with Gasteiger partial charge in [-0.2, -0.15) is 0 Å². The minimum Gasteiger partial charge on any atom is -0.355 e. The first-order valence-corrected chi connectivity index (χ1v) is 9.61. The highest BCUT2D eigenvalue weighted by Gasteiger charge is 2.25. The van der Waals surface area contributed by atoms with Crippen LogP contribution in [-0.2, 0) is 4.79 Å². The van der Waals surface area contributed by atoms with Crippen molar-refractivity contribution in [2.75, 3.05) is 33.2 Å². The number of guanidine groups is 1. The van der Waals surface area contributed by atoms with Crippen LogP contribution in [0.2, 0.25) is 0 Å². The Morgan fingerprint density at radius 1 is 1.22 bits per heavy atom. The maximum Gasteiger partial charge on any atom is 0.251 e.